The molecular weight excluding hydrogens is 221 g/mol. The summed E-state index contributed by atoms with van der Waals surface area (Å²) in [6.07, 6.45) is 0. The highest BCUT2D eigenvalue weighted by molar-refractivity contribution is 6.61. The predicted octanol–water partition coefficient (Wildman–Crippen LogP) is 1.66. The molecule has 1 radical (unpaired) electrons. The van der Waals surface area contributed by atoms with Crippen LogP contribution in [0.15, 0.2) is 53.4 Å². The average Bonchev–Trinajstić information content (AvgIpc) is 3.01. The van der Waals surface area contributed by atoms with Crippen LogP contribution >= 0.6 is 0 Å². The van der Waals surface area contributed by atoms with Crippen LogP contribution in [0.3, 0.4) is 0 Å². The Labute approximate surface area is 105 Å². The fraction of sp³-hybridized carbons (Fsp3) is 0. The van der Waals surface area contributed by atoms with Crippen molar-refractivity contribution < 1.29 is 0 Å². The van der Waals surface area contributed by atoms with E-state index in [1.807, 2.05) is 37.7 Å². The Kier molecular flexibility index (Phi) is 1.91. The van der Waals surface area contributed by atoms with E-state index < -0.39 is 0 Å². The van der Waals surface area contributed by atoms with Crippen LogP contribution in [0.2, 0.25) is 0 Å². The molecule has 0 saturated carbocycles. The van der Waals surface area contributed by atoms with E-state index in [2.05, 4.69) is 33.3 Å². The normalized spacial score (nSPS) is 13.2. The number of benzene rings is 2. The number of aromatic nitrogens is 2. The molecule has 3 nitrogen and oxygen atoms in total. The molecule has 0 saturated heterocycles. The van der Waals surface area contributed by atoms with Crippen molar-refractivity contribution in [2.75, 3.05) is 0 Å². The van der Waals surface area contributed by atoms with Gasteiger partial charge in [-0.2, -0.15) is 5.10 Å². The first-order valence-corrected chi connectivity index (χ1v) is 5.87. The topological polar surface area (TPSA) is 41.0 Å². The van der Waals surface area contributed by atoms with Crippen LogP contribution in [0.5, 0.6) is 0 Å². The van der Waals surface area contributed by atoms with E-state index in [9.17, 15) is 0 Å². The summed E-state index contributed by atoms with van der Waals surface area (Å²) in [7, 11) is 1.90. The summed E-state index contributed by atoms with van der Waals surface area (Å²) >= 11 is 0. The van der Waals surface area contributed by atoms with Gasteiger partial charge in [0.1, 0.15) is 5.69 Å². The van der Waals surface area contributed by atoms with Crippen LogP contribution in [0.25, 0.3) is 10.9 Å². The standard InChI is InChI=1S/C14H9BN3/c1-3-7-11-9(5-1)13(16-15-11)14-10-6-2-4-8-12(10)17-18-14/h1-8H,(H,17,18). The highest BCUT2D eigenvalue weighted by Gasteiger charge is 2.21. The molecule has 2 heterocycles. The average molecular weight is 230 g/mol. The lowest BCUT2D eigenvalue weighted by Crippen LogP contribution is -2.13. The molecular formula is C14H9BN3. The van der Waals surface area contributed by atoms with Crippen molar-refractivity contribution in [3.8, 4) is 0 Å². The number of H-pyrrole nitrogens is 1. The highest BCUT2D eigenvalue weighted by atomic mass is 15.1. The van der Waals surface area contributed by atoms with E-state index in [0.717, 1.165) is 33.3 Å². The maximum absolute atomic E-state index is 4.51. The SMILES string of the molecule is [B]1N=C(c2n[nH]c3ccccc23)c2ccccc21. The molecule has 0 fully saturated rings. The summed E-state index contributed by atoms with van der Waals surface area (Å²) in [5.41, 5.74) is 5.21. The monoisotopic (exact) mass is 230 g/mol. The molecule has 83 valence electrons. The number of aromatic amines is 1. The Morgan fingerprint density at radius 2 is 1.78 bits per heavy atom. The van der Waals surface area contributed by atoms with Gasteiger partial charge in [-0.05, 0) is 17.1 Å². The summed E-state index contributed by atoms with van der Waals surface area (Å²) in [5, 5.41) is 8.56. The maximum atomic E-state index is 4.51. The maximum Gasteiger partial charge on any atom is 0.313 e. The van der Waals surface area contributed by atoms with Gasteiger partial charge in [-0.3, -0.25) is 5.10 Å². The van der Waals surface area contributed by atoms with Gasteiger partial charge in [-0.1, -0.05) is 42.5 Å². The molecule has 0 atom stereocenters. The van der Waals surface area contributed by atoms with Crippen LogP contribution in [-0.4, -0.2) is 23.3 Å². The van der Waals surface area contributed by atoms with E-state index in [4.69, 9.17) is 0 Å². The lowest BCUT2D eigenvalue weighted by Gasteiger charge is -2.01. The molecule has 0 bridgehead atoms. The lowest BCUT2D eigenvalue weighted by atomic mass is 9.83. The summed E-state index contributed by atoms with van der Waals surface area (Å²) < 4.78 is 0. The number of fused-ring (bicyclic) bond motifs is 2. The second kappa shape index (κ2) is 3.57. The van der Waals surface area contributed by atoms with Crippen LogP contribution in [-0.2, 0) is 0 Å². The Bertz CT molecular complexity index is 773. The molecule has 1 aliphatic rings. The smallest absolute Gasteiger partial charge is 0.313 e. The number of nitrogens with zero attached hydrogens (tertiary/aromatic N) is 2. The van der Waals surface area contributed by atoms with Gasteiger partial charge in [-0.15, -0.1) is 0 Å². The quantitative estimate of drug-likeness (QED) is 0.634. The van der Waals surface area contributed by atoms with Crippen LogP contribution < -0.4 is 5.46 Å². The molecule has 0 unspecified atom stereocenters. The van der Waals surface area contributed by atoms with E-state index >= 15 is 0 Å². The number of hydrogen-bond donors (Lipinski definition) is 1. The van der Waals surface area contributed by atoms with Gasteiger partial charge in [0, 0.05) is 5.39 Å². The van der Waals surface area contributed by atoms with Gasteiger partial charge in [0.05, 0.1) is 11.2 Å². The van der Waals surface area contributed by atoms with E-state index in [1.54, 1.807) is 0 Å². The van der Waals surface area contributed by atoms with Crippen molar-refractivity contribution in [2.45, 2.75) is 0 Å². The molecule has 1 N–H and O–H groups in total. The van der Waals surface area contributed by atoms with Gasteiger partial charge in [-0.25, -0.2) is 0 Å². The van der Waals surface area contributed by atoms with Crippen molar-refractivity contribution in [3.63, 3.8) is 0 Å². The molecule has 4 rings (SSSR count). The van der Waals surface area contributed by atoms with E-state index in [-0.39, 0.29) is 0 Å². The fourth-order valence-electron chi connectivity index (χ4n) is 2.36. The Morgan fingerprint density at radius 1 is 0.944 bits per heavy atom. The second-order valence-corrected chi connectivity index (χ2v) is 4.31. The van der Waals surface area contributed by atoms with Crippen molar-refractivity contribution in [1.82, 2.24) is 10.2 Å². The Balaban J connectivity index is 1.95. The first kappa shape index (κ1) is 9.65. The van der Waals surface area contributed by atoms with Crippen molar-refractivity contribution >= 4 is 29.5 Å². The zero-order valence-corrected chi connectivity index (χ0v) is 9.59. The summed E-state index contributed by atoms with van der Waals surface area (Å²) in [6.45, 7) is 0. The number of para-hydroxylation sites is 1. The van der Waals surface area contributed by atoms with E-state index in [0.29, 0.717) is 0 Å². The zero-order valence-electron chi connectivity index (χ0n) is 9.59. The molecule has 18 heavy (non-hydrogen) atoms. The minimum Gasteiger partial charge on any atom is -0.340 e. The Morgan fingerprint density at radius 3 is 2.78 bits per heavy atom. The van der Waals surface area contributed by atoms with Gasteiger partial charge in [0.25, 0.3) is 0 Å². The molecule has 0 amide bonds. The molecule has 0 spiro atoms. The largest absolute Gasteiger partial charge is 0.340 e. The van der Waals surface area contributed by atoms with Gasteiger partial charge in [0.2, 0.25) is 0 Å². The minimum atomic E-state index is 0.923. The van der Waals surface area contributed by atoms with Gasteiger partial charge < -0.3 is 4.90 Å². The first-order valence-electron chi connectivity index (χ1n) is 5.87. The molecule has 4 heteroatoms. The number of hydrogen-bond acceptors (Lipinski definition) is 2. The lowest BCUT2D eigenvalue weighted by molar-refractivity contribution is 1.11. The molecule has 1 aromatic heterocycles. The van der Waals surface area contributed by atoms with Gasteiger partial charge >= 0.3 is 7.41 Å². The van der Waals surface area contributed by atoms with Crippen LogP contribution in [0, 0.1) is 0 Å². The fourth-order valence-corrected chi connectivity index (χ4v) is 2.36. The van der Waals surface area contributed by atoms with Gasteiger partial charge in [0.15, 0.2) is 0 Å². The Hall–Kier alpha value is -2.36. The molecule has 2 aromatic carbocycles. The summed E-state index contributed by atoms with van der Waals surface area (Å²) in [5.74, 6) is 0. The third-order valence-corrected chi connectivity index (χ3v) is 3.24. The summed E-state index contributed by atoms with van der Waals surface area (Å²) in [4.78, 5) is 4.51. The first-order chi connectivity index (χ1) is 8.93. The van der Waals surface area contributed by atoms with E-state index in [1.165, 1.54) is 0 Å². The van der Waals surface area contributed by atoms with Crippen LogP contribution in [0.4, 0.5) is 0 Å². The minimum absolute atomic E-state index is 0.923. The molecule has 3 aromatic rings. The van der Waals surface area contributed by atoms with Crippen molar-refractivity contribution in [1.29, 1.82) is 0 Å². The van der Waals surface area contributed by atoms with Crippen molar-refractivity contribution in [3.05, 3.63) is 59.8 Å². The highest BCUT2D eigenvalue weighted by Crippen LogP contribution is 2.20. The van der Waals surface area contributed by atoms with Crippen molar-refractivity contribution in [2.24, 2.45) is 4.90 Å². The zero-order chi connectivity index (χ0) is 11.9. The molecule has 1 aliphatic heterocycles. The predicted molar refractivity (Wildman–Crippen MR) is 73.6 cm³/mol. The summed E-state index contributed by atoms with van der Waals surface area (Å²) in [6, 6.07) is 16.3. The third-order valence-electron chi connectivity index (χ3n) is 3.24. The number of rotatable bonds is 1. The number of nitrogens with one attached hydrogen (secondary N) is 1. The van der Waals surface area contributed by atoms with Crippen LogP contribution in [0.1, 0.15) is 11.3 Å². The molecule has 0 aliphatic carbocycles. The third kappa shape index (κ3) is 1.26. The second-order valence-electron chi connectivity index (χ2n) is 4.31.